The highest BCUT2D eigenvalue weighted by atomic mass is 79.9. The average Bonchev–Trinajstić information content (AvgIpc) is 3.35. The molecule has 0 aliphatic rings. The standard InChI is InChI=1S/C30H18BrClN4O6S/c31-20-9-14-24(42-30(39)27-26(32)23-3-1-2-4-25(23)43-27)19(15-20)16-33-35-29(38)18-5-10-21(11-6-18)34-28(37)17-7-12-22(13-8-17)36(40)41/h1-16H,(H,34,37)(H,35,38)/b33-16-. The van der Waals surface area contributed by atoms with Crippen LogP contribution in [0.3, 0.4) is 0 Å². The van der Waals surface area contributed by atoms with Gasteiger partial charge in [0.15, 0.2) is 0 Å². The summed E-state index contributed by atoms with van der Waals surface area (Å²) in [5.74, 6) is -1.38. The number of nitro groups is 1. The van der Waals surface area contributed by atoms with Crippen molar-refractivity contribution in [3.05, 3.63) is 132 Å². The number of fused-ring (bicyclic) bond motifs is 1. The fourth-order valence-corrected chi connectivity index (χ4v) is 5.64. The number of nitro benzene ring substituents is 1. The van der Waals surface area contributed by atoms with Gasteiger partial charge in [-0.1, -0.05) is 45.7 Å². The van der Waals surface area contributed by atoms with Crippen molar-refractivity contribution in [2.75, 3.05) is 5.32 Å². The molecule has 2 amide bonds. The highest BCUT2D eigenvalue weighted by Gasteiger charge is 2.20. The van der Waals surface area contributed by atoms with Gasteiger partial charge in [0.2, 0.25) is 0 Å². The van der Waals surface area contributed by atoms with E-state index in [-0.39, 0.29) is 27.4 Å². The number of esters is 1. The highest BCUT2D eigenvalue weighted by Crippen LogP contribution is 2.36. The third kappa shape index (κ3) is 6.95. The number of anilines is 1. The molecule has 5 aromatic rings. The molecule has 0 spiro atoms. The Kier molecular flexibility index (Phi) is 8.90. The molecule has 13 heteroatoms. The van der Waals surface area contributed by atoms with E-state index >= 15 is 0 Å². The zero-order chi connectivity index (χ0) is 30.5. The summed E-state index contributed by atoms with van der Waals surface area (Å²) in [5.41, 5.74) is 3.65. The number of thiophene rings is 1. The van der Waals surface area contributed by atoms with Crippen LogP contribution in [0.15, 0.2) is 101 Å². The van der Waals surface area contributed by atoms with Gasteiger partial charge in [-0.3, -0.25) is 19.7 Å². The molecule has 10 nitrogen and oxygen atoms in total. The molecule has 0 saturated carbocycles. The number of nitrogens with zero attached hydrogens (tertiary/aromatic N) is 2. The number of non-ortho nitro benzene ring substituents is 1. The van der Waals surface area contributed by atoms with Gasteiger partial charge in [0, 0.05) is 49.1 Å². The first-order chi connectivity index (χ1) is 20.7. The first-order valence-electron chi connectivity index (χ1n) is 12.4. The van der Waals surface area contributed by atoms with Gasteiger partial charge in [0.1, 0.15) is 10.6 Å². The van der Waals surface area contributed by atoms with Gasteiger partial charge in [0.25, 0.3) is 17.5 Å². The quantitative estimate of drug-likeness (QED) is 0.0575. The number of rotatable bonds is 8. The van der Waals surface area contributed by atoms with Gasteiger partial charge in [-0.2, -0.15) is 5.10 Å². The van der Waals surface area contributed by atoms with Crippen LogP contribution in [0, 0.1) is 10.1 Å². The summed E-state index contributed by atoms with van der Waals surface area (Å²) in [6.07, 6.45) is 1.34. The lowest BCUT2D eigenvalue weighted by Crippen LogP contribution is -2.18. The van der Waals surface area contributed by atoms with Crippen LogP contribution < -0.4 is 15.5 Å². The molecule has 0 aliphatic heterocycles. The first kappa shape index (κ1) is 29.6. The maximum Gasteiger partial charge on any atom is 0.355 e. The summed E-state index contributed by atoms with van der Waals surface area (Å²) >= 11 is 11.0. The lowest BCUT2D eigenvalue weighted by atomic mass is 10.1. The molecule has 1 heterocycles. The van der Waals surface area contributed by atoms with Crippen LogP contribution in [0.5, 0.6) is 5.75 Å². The second-order valence-electron chi connectivity index (χ2n) is 8.85. The average molecular weight is 678 g/mol. The Balaban J connectivity index is 1.22. The second-order valence-corrected chi connectivity index (χ2v) is 11.2. The van der Waals surface area contributed by atoms with Gasteiger partial charge < -0.3 is 10.1 Å². The monoisotopic (exact) mass is 676 g/mol. The fourth-order valence-electron chi connectivity index (χ4n) is 3.87. The number of hydrogen-bond donors (Lipinski definition) is 2. The van der Waals surface area contributed by atoms with Crippen LogP contribution in [0.4, 0.5) is 11.4 Å². The van der Waals surface area contributed by atoms with Crippen molar-refractivity contribution in [3.63, 3.8) is 0 Å². The van der Waals surface area contributed by atoms with Crippen molar-refractivity contribution in [1.82, 2.24) is 5.43 Å². The topological polar surface area (TPSA) is 140 Å². The van der Waals surface area contributed by atoms with Crippen LogP contribution in [0.25, 0.3) is 10.1 Å². The third-order valence-electron chi connectivity index (χ3n) is 6.01. The molecule has 0 radical (unpaired) electrons. The van der Waals surface area contributed by atoms with Crippen molar-refractivity contribution in [2.45, 2.75) is 0 Å². The number of carbonyl (C=O) groups excluding carboxylic acids is 3. The smallest absolute Gasteiger partial charge is 0.355 e. The lowest BCUT2D eigenvalue weighted by Gasteiger charge is -2.08. The van der Waals surface area contributed by atoms with Gasteiger partial charge in [-0.25, -0.2) is 10.2 Å². The molecule has 0 unspecified atom stereocenters. The third-order valence-corrected chi connectivity index (χ3v) is 8.16. The number of hydrazone groups is 1. The molecular formula is C30H18BrClN4O6S. The van der Waals surface area contributed by atoms with E-state index in [9.17, 15) is 24.5 Å². The Labute approximate surface area is 261 Å². The van der Waals surface area contributed by atoms with Gasteiger partial charge in [-0.15, -0.1) is 11.3 Å². The predicted octanol–water partition coefficient (Wildman–Crippen LogP) is 7.46. The maximum atomic E-state index is 12.9. The van der Waals surface area contributed by atoms with E-state index in [2.05, 4.69) is 31.8 Å². The van der Waals surface area contributed by atoms with Gasteiger partial charge >= 0.3 is 5.97 Å². The SMILES string of the molecule is O=C(N/N=C\c1cc(Br)ccc1OC(=O)c1sc2ccccc2c1Cl)c1ccc(NC(=O)c2ccc([N+](=O)[O-])cc2)cc1. The van der Waals surface area contributed by atoms with E-state index in [1.165, 1.54) is 66.1 Å². The highest BCUT2D eigenvalue weighted by molar-refractivity contribution is 9.10. The molecule has 214 valence electrons. The Hall–Kier alpha value is -4.91. The summed E-state index contributed by atoms with van der Waals surface area (Å²) in [6, 6.07) is 23.6. The Morgan fingerprint density at radius 2 is 1.60 bits per heavy atom. The number of halogens is 2. The van der Waals surface area contributed by atoms with Crippen molar-refractivity contribution >= 4 is 84.3 Å². The summed E-state index contributed by atoms with van der Waals surface area (Å²) in [5, 5.41) is 18.5. The minimum atomic E-state index is -0.618. The van der Waals surface area contributed by atoms with E-state index in [4.69, 9.17) is 16.3 Å². The molecule has 4 aromatic carbocycles. The van der Waals surface area contributed by atoms with Crippen molar-refractivity contribution in [3.8, 4) is 5.75 Å². The summed E-state index contributed by atoms with van der Waals surface area (Å²) in [6.45, 7) is 0. The molecule has 5 rings (SSSR count). The zero-order valence-corrected chi connectivity index (χ0v) is 24.9. The van der Waals surface area contributed by atoms with Gasteiger partial charge in [-0.05, 0) is 60.7 Å². The molecule has 0 saturated heterocycles. The number of carbonyl (C=O) groups is 3. The van der Waals surface area contributed by atoms with E-state index in [1.807, 2.05) is 24.3 Å². The van der Waals surface area contributed by atoms with Crippen molar-refractivity contribution in [1.29, 1.82) is 0 Å². The van der Waals surface area contributed by atoms with Gasteiger partial charge in [0.05, 0.1) is 16.2 Å². The summed E-state index contributed by atoms with van der Waals surface area (Å²) in [7, 11) is 0. The minimum absolute atomic E-state index is 0.121. The van der Waals surface area contributed by atoms with E-state index in [1.54, 1.807) is 18.2 Å². The molecule has 43 heavy (non-hydrogen) atoms. The van der Waals surface area contributed by atoms with E-state index in [0.29, 0.717) is 20.7 Å². The minimum Gasteiger partial charge on any atom is -0.422 e. The van der Waals surface area contributed by atoms with Crippen LogP contribution in [0.1, 0.15) is 36.0 Å². The first-order valence-corrected chi connectivity index (χ1v) is 14.4. The normalized spacial score (nSPS) is 10.9. The number of amides is 2. The largest absolute Gasteiger partial charge is 0.422 e. The van der Waals surface area contributed by atoms with Crippen molar-refractivity contribution in [2.24, 2.45) is 5.10 Å². The van der Waals surface area contributed by atoms with Crippen LogP contribution in [-0.2, 0) is 0 Å². The Morgan fingerprint density at radius 3 is 2.30 bits per heavy atom. The van der Waals surface area contributed by atoms with Crippen LogP contribution in [0.2, 0.25) is 5.02 Å². The molecule has 0 fully saturated rings. The molecule has 0 aliphatic carbocycles. The summed E-state index contributed by atoms with van der Waals surface area (Å²) < 4.78 is 7.19. The molecular weight excluding hydrogens is 660 g/mol. The summed E-state index contributed by atoms with van der Waals surface area (Å²) in [4.78, 5) is 48.5. The van der Waals surface area contributed by atoms with Crippen LogP contribution >= 0.6 is 38.9 Å². The molecule has 0 atom stereocenters. The number of benzene rings is 4. The zero-order valence-electron chi connectivity index (χ0n) is 21.7. The molecule has 0 bridgehead atoms. The van der Waals surface area contributed by atoms with Crippen molar-refractivity contribution < 1.29 is 24.0 Å². The Morgan fingerprint density at radius 1 is 0.930 bits per heavy atom. The Bertz CT molecular complexity index is 1910. The maximum absolute atomic E-state index is 12.9. The molecule has 1 aromatic heterocycles. The molecule has 2 N–H and O–H groups in total. The van der Waals surface area contributed by atoms with Crippen LogP contribution in [-0.4, -0.2) is 28.9 Å². The number of ether oxygens (including phenoxy) is 1. The second kappa shape index (κ2) is 12.9. The predicted molar refractivity (Wildman–Crippen MR) is 168 cm³/mol. The van der Waals surface area contributed by atoms with E-state index < -0.39 is 22.7 Å². The van der Waals surface area contributed by atoms with E-state index in [0.717, 1.165) is 10.1 Å². The fraction of sp³-hybridized carbons (Fsp3) is 0. The number of nitrogens with one attached hydrogen (secondary N) is 2. The number of hydrogen-bond acceptors (Lipinski definition) is 8. The lowest BCUT2D eigenvalue weighted by molar-refractivity contribution is -0.384.